The van der Waals surface area contributed by atoms with Gasteiger partial charge < -0.3 is 25.5 Å². The molecule has 7 nitrogen and oxygen atoms in total. The van der Waals surface area contributed by atoms with Crippen molar-refractivity contribution < 1.29 is 14.6 Å². The number of benzene rings is 1. The second-order valence-electron chi connectivity index (χ2n) is 6.46. The van der Waals surface area contributed by atoms with E-state index in [1.54, 1.807) is 7.11 Å². The number of methoxy groups -OCH3 is 1. The topological polar surface area (TPSA) is 109 Å². The molecule has 26 heavy (non-hydrogen) atoms. The minimum Gasteiger partial charge on any atom is -0.477 e. The molecule has 7 heteroatoms. The molecule has 0 bridgehead atoms. The molecule has 1 aromatic heterocycles. The third kappa shape index (κ3) is 3.36. The molecular weight excluding hydrogens is 334 g/mol. The van der Waals surface area contributed by atoms with Crippen LogP contribution in [0.1, 0.15) is 22.8 Å². The minimum atomic E-state index is -1.22. The highest BCUT2D eigenvalue weighted by atomic mass is 16.5. The summed E-state index contributed by atoms with van der Waals surface area (Å²) in [6.45, 7) is 3.39. The number of carboxylic acid groups (broad SMARTS) is 1. The van der Waals surface area contributed by atoms with Crippen LogP contribution in [-0.2, 0) is 11.2 Å². The predicted molar refractivity (Wildman–Crippen MR) is 99.8 cm³/mol. The molecule has 1 aromatic carbocycles. The molecule has 0 spiro atoms. The number of hydrogen-bond acceptors (Lipinski definition) is 5. The van der Waals surface area contributed by atoms with E-state index < -0.39 is 11.5 Å². The molecule has 1 aliphatic rings. The molecule has 2 aromatic rings. The molecule has 0 amide bonds. The van der Waals surface area contributed by atoms with E-state index >= 15 is 0 Å². The van der Waals surface area contributed by atoms with Crippen molar-refractivity contribution in [2.24, 2.45) is 5.73 Å². The van der Waals surface area contributed by atoms with Crippen LogP contribution in [0.3, 0.4) is 0 Å². The van der Waals surface area contributed by atoms with Gasteiger partial charge in [0, 0.05) is 25.9 Å². The summed E-state index contributed by atoms with van der Waals surface area (Å²) < 4.78 is 5.39. The number of rotatable bonds is 5. The van der Waals surface area contributed by atoms with Crippen molar-refractivity contribution in [3.05, 3.63) is 51.8 Å². The van der Waals surface area contributed by atoms with Gasteiger partial charge in [0.1, 0.15) is 5.56 Å². The van der Waals surface area contributed by atoms with Gasteiger partial charge in [0.2, 0.25) is 0 Å². The van der Waals surface area contributed by atoms with Crippen LogP contribution in [0.5, 0.6) is 0 Å². The van der Waals surface area contributed by atoms with Crippen molar-refractivity contribution in [2.75, 3.05) is 25.1 Å². The van der Waals surface area contributed by atoms with E-state index in [-0.39, 0.29) is 17.7 Å². The molecule has 1 aliphatic heterocycles. The molecule has 138 valence electrons. The number of aromatic amines is 1. The highest BCUT2D eigenvalue weighted by Crippen LogP contribution is 2.27. The number of nitrogens with two attached hydrogens (primary N) is 1. The summed E-state index contributed by atoms with van der Waals surface area (Å²) in [6.07, 6.45) is 0.631. The molecule has 3 rings (SSSR count). The van der Waals surface area contributed by atoms with Gasteiger partial charge in [-0.1, -0.05) is 19.1 Å². The van der Waals surface area contributed by atoms with Crippen molar-refractivity contribution in [2.45, 2.75) is 25.5 Å². The third-order valence-corrected chi connectivity index (χ3v) is 4.87. The Bertz CT molecular complexity index is 860. The van der Waals surface area contributed by atoms with Gasteiger partial charge in [-0.15, -0.1) is 0 Å². The molecular formula is C19H23N3O4. The van der Waals surface area contributed by atoms with Crippen LogP contribution in [0.2, 0.25) is 0 Å². The maximum Gasteiger partial charge on any atom is 0.341 e. The zero-order chi connectivity index (χ0) is 18.8. The van der Waals surface area contributed by atoms with Crippen LogP contribution in [0.25, 0.3) is 11.3 Å². The van der Waals surface area contributed by atoms with E-state index in [2.05, 4.69) is 9.88 Å². The van der Waals surface area contributed by atoms with Crippen LogP contribution in [0.4, 0.5) is 5.69 Å². The highest BCUT2D eigenvalue weighted by molar-refractivity contribution is 5.88. The lowest BCUT2D eigenvalue weighted by atomic mass is 10.0. The Kier molecular flexibility index (Phi) is 5.11. The normalized spacial score (nSPS) is 19.7. The summed E-state index contributed by atoms with van der Waals surface area (Å²) in [5, 5.41) is 9.12. The molecule has 1 fully saturated rings. The van der Waals surface area contributed by atoms with Gasteiger partial charge in [0.25, 0.3) is 5.56 Å². The number of aromatic nitrogens is 1. The fourth-order valence-corrected chi connectivity index (χ4v) is 3.37. The van der Waals surface area contributed by atoms with Crippen LogP contribution in [0.15, 0.2) is 35.1 Å². The first-order valence-corrected chi connectivity index (χ1v) is 8.57. The number of carbonyl (C=O) groups is 1. The van der Waals surface area contributed by atoms with Gasteiger partial charge >= 0.3 is 5.97 Å². The smallest absolute Gasteiger partial charge is 0.341 e. The summed E-state index contributed by atoms with van der Waals surface area (Å²) in [6, 6.07) is 9.22. The van der Waals surface area contributed by atoms with Gasteiger partial charge in [-0.2, -0.15) is 0 Å². The number of aryl methyl sites for hydroxylation is 1. The molecule has 0 radical (unpaired) electrons. The number of hydrogen-bond donors (Lipinski definition) is 3. The number of carboxylic acids is 1. The van der Waals surface area contributed by atoms with Crippen LogP contribution in [0, 0.1) is 0 Å². The Morgan fingerprint density at radius 2 is 2.04 bits per heavy atom. The van der Waals surface area contributed by atoms with Crippen molar-refractivity contribution in [1.29, 1.82) is 0 Å². The monoisotopic (exact) mass is 357 g/mol. The Hall–Kier alpha value is -2.64. The number of nitrogens with one attached hydrogen (secondary N) is 1. The fourth-order valence-electron chi connectivity index (χ4n) is 3.37. The summed E-state index contributed by atoms with van der Waals surface area (Å²) in [5.74, 6) is -1.22. The largest absolute Gasteiger partial charge is 0.477 e. The Morgan fingerprint density at radius 1 is 1.35 bits per heavy atom. The zero-order valence-electron chi connectivity index (χ0n) is 14.9. The Labute approximate surface area is 151 Å². The summed E-state index contributed by atoms with van der Waals surface area (Å²) >= 11 is 0. The Morgan fingerprint density at radius 3 is 2.58 bits per heavy atom. The quantitative estimate of drug-likeness (QED) is 0.748. The number of aromatic carboxylic acids is 1. The number of nitrogens with zero attached hydrogens (tertiary/aromatic N) is 1. The number of anilines is 1. The summed E-state index contributed by atoms with van der Waals surface area (Å²) in [5.41, 5.74) is 8.56. The number of pyridine rings is 1. The Balaban J connectivity index is 1.91. The minimum absolute atomic E-state index is 0.0151. The zero-order valence-corrected chi connectivity index (χ0v) is 14.9. The third-order valence-electron chi connectivity index (χ3n) is 4.87. The first-order valence-electron chi connectivity index (χ1n) is 8.57. The van der Waals surface area contributed by atoms with Crippen molar-refractivity contribution in [3.63, 3.8) is 0 Å². The maximum absolute atomic E-state index is 12.0. The molecule has 2 heterocycles. The van der Waals surface area contributed by atoms with Crippen molar-refractivity contribution in [1.82, 2.24) is 4.98 Å². The van der Waals surface area contributed by atoms with Crippen molar-refractivity contribution >= 4 is 11.7 Å². The first kappa shape index (κ1) is 18.2. The molecule has 1 saturated heterocycles. The maximum atomic E-state index is 12.0. The van der Waals surface area contributed by atoms with Crippen LogP contribution >= 0.6 is 0 Å². The van der Waals surface area contributed by atoms with E-state index in [9.17, 15) is 9.59 Å². The van der Waals surface area contributed by atoms with Gasteiger partial charge in [0.15, 0.2) is 0 Å². The van der Waals surface area contributed by atoms with Gasteiger partial charge in [-0.25, -0.2) is 4.79 Å². The second kappa shape index (κ2) is 7.31. The van der Waals surface area contributed by atoms with E-state index in [0.717, 1.165) is 29.9 Å². The molecule has 2 atom stereocenters. The fraction of sp³-hybridized carbons (Fsp3) is 0.368. The lowest BCUT2D eigenvalue weighted by molar-refractivity contribution is 0.0695. The SMILES string of the molecule is CCc1cc(C(=O)O)c(=O)[nH]c1-c1ccc(N2C[C@H](OC)[C@@H](N)C2)cc1. The first-order chi connectivity index (χ1) is 12.4. The van der Waals surface area contributed by atoms with Gasteiger partial charge in [-0.3, -0.25) is 4.79 Å². The molecule has 4 N–H and O–H groups in total. The average Bonchev–Trinajstić information content (AvgIpc) is 3.02. The lowest BCUT2D eigenvalue weighted by Crippen LogP contribution is -2.34. The highest BCUT2D eigenvalue weighted by Gasteiger charge is 2.30. The van der Waals surface area contributed by atoms with Crippen molar-refractivity contribution in [3.8, 4) is 11.3 Å². The molecule has 0 saturated carbocycles. The summed E-state index contributed by atoms with van der Waals surface area (Å²) in [4.78, 5) is 28.1. The average molecular weight is 357 g/mol. The lowest BCUT2D eigenvalue weighted by Gasteiger charge is -2.19. The predicted octanol–water partition coefficient (Wildman–Crippen LogP) is 1.46. The van der Waals surface area contributed by atoms with E-state index in [4.69, 9.17) is 15.6 Å². The number of ether oxygens (including phenoxy) is 1. The standard InChI is InChI=1S/C19H23N3O4/c1-3-11-8-14(19(24)25)18(23)21-17(11)12-4-6-13(7-5-12)22-9-15(20)16(10-22)26-2/h4-8,15-16H,3,9-10,20H2,1-2H3,(H,21,23)(H,24,25)/t15-,16-/m0/s1. The van der Waals surface area contributed by atoms with Gasteiger partial charge in [0.05, 0.1) is 17.8 Å². The van der Waals surface area contributed by atoms with E-state index in [1.165, 1.54) is 6.07 Å². The van der Waals surface area contributed by atoms with Crippen LogP contribution in [-0.4, -0.2) is 48.4 Å². The second-order valence-corrected chi connectivity index (χ2v) is 6.46. The molecule has 0 unspecified atom stereocenters. The van der Waals surface area contributed by atoms with Crippen LogP contribution < -0.4 is 16.2 Å². The molecule has 0 aliphatic carbocycles. The van der Waals surface area contributed by atoms with E-state index in [1.807, 2.05) is 31.2 Å². The van der Waals surface area contributed by atoms with E-state index in [0.29, 0.717) is 12.1 Å². The number of H-pyrrole nitrogens is 1. The summed E-state index contributed by atoms with van der Waals surface area (Å²) in [7, 11) is 1.67. The van der Waals surface area contributed by atoms with Gasteiger partial charge in [-0.05, 0) is 35.7 Å².